The Hall–Kier alpha value is -0.600. The Morgan fingerprint density at radius 2 is 2.27 bits per heavy atom. The maximum absolute atomic E-state index is 5.24. The molecule has 0 unspecified atom stereocenters. The third-order valence-corrected chi connectivity index (χ3v) is 1.19. The third kappa shape index (κ3) is 9.40. The van der Waals surface area contributed by atoms with Crippen molar-refractivity contribution in [3.63, 3.8) is 0 Å². The van der Waals surface area contributed by atoms with Gasteiger partial charge in [-0.3, -0.25) is 0 Å². The van der Waals surface area contributed by atoms with Crippen LogP contribution in [0.2, 0.25) is 0 Å². The molecule has 0 aromatic rings. The van der Waals surface area contributed by atoms with Gasteiger partial charge in [-0.2, -0.15) is 0 Å². The van der Waals surface area contributed by atoms with Crippen molar-refractivity contribution in [2.45, 2.75) is 13.3 Å². The molecule has 0 fully saturated rings. The van der Waals surface area contributed by atoms with Crippen molar-refractivity contribution in [1.29, 1.82) is 0 Å². The second-order valence-corrected chi connectivity index (χ2v) is 2.49. The Balaban J connectivity index is 3.02. The molecule has 0 aromatic heterocycles. The molecule has 0 aliphatic carbocycles. The van der Waals surface area contributed by atoms with Crippen LogP contribution in [0.5, 0.6) is 0 Å². The van der Waals surface area contributed by atoms with Gasteiger partial charge in [0.1, 0.15) is 0 Å². The molecule has 2 heteroatoms. The van der Waals surface area contributed by atoms with E-state index in [0.717, 1.165) is 18.6 Å². The maximum Gasteiger partial charge on any atom is 0.0648 e. The number of rotatable bonds is 6. The molecular weight excluding hydrogens is 138 g/mol. The highest BCUT2D eigenvalue weighted by Crippen LogP contribution is 1.94. The molecule has 0 amide bonds. The lowest BCUT2D eigenvalue weighted by atomic mass is 10.3. The maximum atomic E-state index is 5.24. The van der Waals surface area contributed by atoms with E-state index in [1.54, 1.807) is 0 Å². The summed E-state index contributed by atoms with van der Waals surface area (Å²) >= 11 is 0. The van der Waals surface area contributed by atoms with Gasteiger partial charge in [0.05, 0.1) is 13.2 Å². The van der Waals surface area contributed by atoms with E-state index in [9.17, 15) is 0 Å². The minimum atomic E-state index is 0.587. The van der Waals surface area contributed by atoms with E-state index in [1.165, 1.54) is 0 Å². The minimum Gasteiger partial charge on any atom is -0.377 e. The van der Waals surface area contributed by atoms with E-state index >= 15 is 0 Å². The first kappa shape index (κ1) is 10.4. The van der Waals surface area contributed by atoms with Crippen LogP contribution in [0.25, 0.3) is 0 Å². The van der Waals surface area contributed by atoms with E-state index in [1.807, 2.05) is 19.1 Å². The molecule has 64 valence electrons. The lowest BCUT2D eigenvalue weighted by Crippen LogP contribution is -1.97. The zero-order chi connectivity index (χ0) is 8.53. The van der Waals surface area contributed by atoms with Crippen molar-refractivity contribution in [2.24, 2.45) is 5.73 Å². The van der Waals surface area contributed by atoms with Crippen molar-refractivity contribution >= 4 is 0 Å². The molecular formula is C9H17NO. The molecule has 2 N–H and O–H groups in total. The highest BCUT2D eigenvalue weighted by atomic mass is 16.5. The van der Waals surface area contributed by atoms with Crippen LogP contribution in [0.15, 0.2) is 24.3 Å². The van der Waals surface area contributed by atoms with Gasteiger partial charge in [0, 0.05) is 6.54 Å². The summed E-state index contributed by atoms with van der Waals surface area (Å²) in [6.45, 7) is 7.77. The fourth-order valence-electron chi connectivity index (χ4n) is 0.562. The highest BCUT2D eigenvalue weighted by molar-refractivity contribution is 4.87. The van der Waals surface area contributed by atoms with Crippen molar-refractivity contribution < 1.29 is 4.74 Å². The second-order valence-electron chi connectivity index (χ2n) is 2.49. The lowest BCUT2D eigenvalue weighted by molar-refractivity contribution is 0.165. The van der Waals surface area contributed by atoms with E-state index < -0.39 is 0 Å². The Morgan fingerprint density at radius 3 is 2.82 bits per heavy atom. The van der Waals surface area contributed by atoms with Gasteiger partial charge >= 0.3 is 0 Å². The first-order valence-electron chi connectivity index (χ1n) is 3.84. The van der Waals surface area contributed by atoms with Crippen LogP contribution in [-0.4, -0.2) is 19.8 Å². The molecule has 0 spiro atoms. The molecule has 0 aliphatic heterocycles. The second kappa shape index (κ2) is 7.51. The standard InChI is InChI=1S/C9H17NO/c1-9(2)5-8-11-7-4-3-6-10/h3-4H,1,5-8,10H2,2H3/b4-3+. The summed E-state index contributed by atoms with van der Waals surface area (Å²) in [7, 11) is 0. The summed E-state index contributed by atoms with van der Waals surface area (Å²) in [4.78, 5) is 0. The molecule has 0 heterocycles. The third-order valence-electron chi connectivity index (χ3n) is 1.19. The van der Waals surface area contributed by atoms with Gasteiger partial charge in [0.15, 0.2) is 0 Å². The summed E-state index contributed by atoms with van der Waals surface area (Å²) in [5, 5.41) is 0. The Bertz CT molecular complexity index is 130. The summed E-state index contributed by atoms with van der Waals surface area (Å²) in [6.07, 6.45) is 4.76. The molecule has 0 aromatic carbocycles. The van der Waals surface area contributed by atoms with Gasteiger partial charge in [-0.15, -0.1) is 6.58 Å². The van der Waals surface area contributed by atoms with Crippen LogP contribution in [0, 0.1) is 0 Å². The van der Waals surface area contributed by atoms with Crippen LogP contribution in [0.1, 0.15) is 13.3 Å². The van der Waals surface area contributed by atoms with Crippen molar-refractivity contribution in [3.8, 4) is 0 Å². The molecule has 11 heavy (non-hydrogen) atoms. The summed E-state index contributed by atoms with van der Waals surface area (Å²) in [5.41, 5.74) is 6.40. The normalized spacial score (nSPS) is 10.7. The fourth-order valence-corrected chi connectivity index (χ4v) is 0.562. The molecule has 0 rings (SSSR count). The van der Waals surface area contributed by atoms with Crippen LogP contribution < -0.4 is 5.73 Å². The Morgan fingerprint density at radius 1 is 1.55 bits per heavy atom. The van der Waals surface area contributed by atoms with Gasteiger partial charge in [0.2, 0.25) is 0 Å². The van der Waals surface area contributed by atoms with E-state index in [2.05, 4.69) is 6.58 Å². The average molecular weight is 155 g/mol. The van der Waals surface area contributed by atoms with Crippen LogP contribution in [-0.2, 0) is 4.74 Å². The van der Waals surface area contributed by atoms with Gasteiger partial charge < -0.3 is 10.5 Å². The number of nitrogens with two attached hydrogens (primary N) is 1. The van der Waals surface area contributed by atoms with Gasteiger partial charge in [-0.25, -0.2) is 0 Å². The monoisotopic (exact) mass is 155 g/mol. The summed E-state index contributed by atoms with van der Waals surface area (Å²) < 4.78 is 5.24. The molecule has 2 nitrogen and oxygen atoms in total. The van der Waals surface area contributed by atoms with E-state index in [-0.39, 0.29) is 0 Å². The number of hydrogen-bond donors (Lipinski definition) is 1. The molecule has 0 saturated heterocycles. The lowest BCUT2D eigenvalue weighted by Gasteiger charge is -1.99. The number of hydrogen-bond acceptors (Lipinski definition) is 2. The quantitative estimate of drug-likeness (QED) is 0.466. The predicted molar refractivity (Wildman–Crippen MR) is 48.4 cm³/mol. The first-order chi connectivity index (χ1) is 5.27. The van der Waals surface area contributed by atoms with Crippen LogP contribution in [0.4, 0.5) is 0 Å². The molecule has 0 saturated carbocycles. The van der Waals surface area contributed by atoms with Crippen molar-refractivity contribution in [1.82, 2.24) is 0 Å². The van der Waals surface area contributed by atoms with Gasteiger partial charge in [-0.05, 0) is 13.3 Å². The predicted octanol–water partition coefficient (Wildman–Crippen LogP) is 1.48. The smallest absolute Gasteiger partial charge is 0.0648 e. The van der Waals surface area contributed by atoms with Crippen LogP contribution >= 0.6 is 0 Å². The molecule has 0 radical (unpaired) electrons. The van der Waals surface area contributed by atoms with Gasteiger partial charge in [-0.1, -0.05) is 17.7 Å². The van der Waals surface area contributed by atoms with Crippen LogP contribution in [0.3, 0.4) is 0 Å². The van der Waals surface area contributed by atoms with E-state index in [4.69, 9.17) is 10.5 Å². The molecule has 0 atom stereocenters. The van der Waals surface area contributed by atoms with Crippen molar-refractivity contribution in [2.75, 3.05) is 19.8 Å². The highest BCUT2D eigenvalue weighted by Gasteiger charge is 1.85. The molecule has 0 bridgehead atoms. The largest absolute Gasteiger partial charge is 0.377 e. The SMILES string of the molecule is C=C(C)CCOC/C=C/CN. The topological polar surface area (TPSA) is 35.2 Å². The fraction of sp³-hybridized carbons (Fsp3) is 0.556. The average Bonchev–Trinajstić information content (AvgIpc) is 1.96. The van der Waals surface area contributed by atoms with Gasteiger partial charge in [0.25, 0.3) is 0 Å². The Labute approximate surface area is 68.7 Å². The van der Waals surface area contributed by atoms with Crippen molar-refractivity contribution in [3.05, 3.63) is 24.3 Å². The Kier molecular flexibility index (Phi) is 7.10. The zero-order valence-electron chi connectivity index (χ0n) is 7.18. The summed E-state index contributed by atoms with van der Waals surface area (Å²) in [6, 6.07) is 0. The molecule has 0 aliphatic rings. The summed E-state index contributed by atoms with van der Waals surface area (Å²) in [5.74, 6) is 0. The first-order valence-corrected chi connectivity index (χ1v) is 3.84. The minimum absolute atomic E-state index is 0.587. The zero-order valence-corrected chi connectivity index (χ0v) is 7.18. The number of ether oxygens (including phenoxy) is 1. The van der Waals surface area contributed by atoms with E-state index in [0.29, 0.717) is 13.2 Å².